The second-order valence-electron chi connectivity index (χ2n) is 3.29. The van der Waals surface area contributed by atoms with E-state index < -0.39 is 5.91 Å². The van der Waals surface area contributed by atoms with E-state index in [2.05, 4.69) is 4.74 Å². The van der Waals surface area contributed by atoms with Crippen LogP contribution in [0.15, 0.2) is 23.1 Å². The van der Waals surface area contributed by atoms with Gasteiger partial charge >= 0.3 is 5.97 Å². The van der Waals surface area contributed by atoms with Crippen molar-refractivity contribution in [2.45, 2.75) is 11.3 Å². The summed E-state index contributed by atoms with van der Waals surface area (Å²) in [5.74, 6) is -0.195. The summed E-state index contributed by atoms with van der Waals surface area (Å²) >= 11 is 1.43. The van der Waals surface area contributed by atoms with Crippen molar-refractivity contribution >= 4 is 29.3 Å². The number of thioether (sulfide) groups is 1. The molecule has 1 amide bonds. The van der Waals surface area contributed by atoms with Gasteiger partial charge in [0.2, 0.25) is 5.91 Å². The highest BCUT2D eigenvalue weighted by molar-refractivity contribution is 7.99. The molecule has 0 aliphatic rings. The third kappa shape index (κ3) is 3.99. The SMILES string of the molecule is COC(=O)CCSc1ccc(C(N)=O)cc1N. The lowest BCUT2D eigenvalue weighted by Gasteiger charge is -2.06. The first-order valence-electron chi connectivity index (χ1n) is 4.93. The van der Waals surface area contributed by atoms with Crippen molar-refractivity contribution in [3.05, 3.63) is 23.8 Å². The van der Waals surface area contributed by atoms with Gasteiger partial charge in [0.25, 0.3) is 0 Å². The zero-order valence-corrected chi connectivity index (χ0v) is 10.3. The molecule has 92 valence electrons. The quantitative estimate of drug-likeness (QED) is 0.464. The van der Waals surface area contributed by atoms with Crippen LogP contribution in [0.5, 0.6) is 0 Å². The summed E-state index contributed by atoms with van der Waals surface area (Å²) in [4.78, 5) is 22.6. The average Bonchev–Trinajstić information content (AvgIpc) is 2.30. The summed E-state index contributed by atoms with van der Waals surface area (Å²) < 4.78 is 4.52. The molecular formula is C11H14N2O3S. The van der Waals surface area contributed by atoms with Crippen LogP contribution in [0.25, 0.3) is 0 Å². The Morgan fingerprint density at radius 2 is 2.12 bits per heavy atom. The Kier molecular flexibility index (Phi) is 4.84. The van der Waals surface area contributed by atoms with Gasteiger partial charge in [-0.1, -0.05) is 0 Å². The topological polar surface area (TPSA) is 95.4 Å². The third-order valence-electron chi connectivity index (χ3n) is 2.09. The fourth-order valence-electron chi connectivity index (χ4n) is 1.18. The van der Waals surface area contributed by atoms with E-state index in [9.17, 15) is 9.59 Å². The van der Waals surface area contributed by atoms with E-state index in [1.54, 1.807) is 12.1 Å². The Labute approximate surface area is 103 Å². The lowest BCUT2D eigenvalue weighted by atomic mass is 10.2. The van der Waals surface area contributed by atoms with Crippen molar-refractivity contribution in [3.63, 3.8) is 0 Å². The van der Waals surface area contributed by atoms with Crippen LogP contribution in [0.3, 0.4) is 0 Å². The Balaban J connectivity index is 2.60. The van der Waals surface area contributed by atoms with E-state index >= 15 is 0 Å². The first-order chi connectivity index (χ1) is 8.04. The normalized spacial score (nSPS) is 9.94. The minimum Gasteiger partial charge on any atom is -0.469 e. The number of nitrogens with two attached hydrogens (primary N) is 2. The van der Waals surface area contributed by atoms with Crippen LogP contribution in [0.4, 0.5) is 5.69 Å². The Hall–Kier alpha value is -1.69. The molecule has 0 unspecified atom stereocenters. The summed E-state index contributed by atoms with van der Waals surface area (Å²) in [5.41, 5.74) is 11.7. The summed E-state index contributed by atoms with van der Waals surface area (Å²) in [6.07, 6.45) is 0.318. The smallest absolute Gasteiger partial charge is 0.306 e. The van der Waals surface area contributed by atoms with Gasteiger partial charge in [0.15, 0.2) is 0 Å². The molecule has 1 aromatic rings. The summed E-state index contributed by atoms with van der Waals surface area (Å²) in [6, 6.07) is 4.86. The molecule has 1 rings (SSSR count). The van der Waals surface area contributed by atoms with Crippen LogP contribution in [0.2, 0.25) is 0 Å². The molecule has 0 aliphatic carbocycles. The van der Waals surface area contributed by atoms with E-state index in [1.807, 2.05) is 0 Å². The molecule has 0 saturated carbocycles. The molecule has 0 aromatic heterocycles. The van der Waals surface area contributed by atoms with Crippen LogP contribution in [-0.4, -0.2) is 24.7 Å². The second kappa shape index (κ2) is 6.15. The number of hydrogen-bond acceptors (Lipinski definition) is 5. The minimum atomic E-state index is -0.511. The number of carbonyl (C=O) groups excluding carboxylic acids is 2. The number of methoxy groups -OCH3 is 1. The summed E-state index contributed by atoms with van der Waals surface area (Å²) in [7, 11) is 1.35. The van der Waals surface area contributed by atoms with Gasteiger partial charge in [-0.15, -0.1) is 11.8 Å². The van der Waals surface area contributed by atoms with Crippen LogP contribution >= 0.6 is 11.8 Å². The van der Waals surface area contributed by atoms with Crippen molar-refractivity contribution in [1.82, 2.24) is 0 Å². The highest BCUT2D eigenvalue weighted by Gasteiger charge is 2.06. The predicted molar refractivity (Wildman–Crippen MR) is 66.7 cm³/mol. The number of hydrogen-bond donors (Lipinski definition) is 2. The fraction of sp³-hybridized carbons (Fsp3) is 0.273. The number of carbonyl (C=O) groups is 2. The molecule has 0 radical (unpaired) electrons. The van der Waals surface area contributed by atoms with Crippen LogP contribution in [0, 0.1) is 0 Å². The van der Waals surface area contributed by atoms with Gasteiger partial charge in [-0.3, -0.25) is 9.59 Å². The minimum absolute atomic E-state index is 0.259. The van der Waals surface area contributed by atoms with Gasteiger partial charge in [-0.05, 0) is 18.2 Å². The van der Waals surface area contributed by atoms with E-state index in [0.29, 0.717) is 23.4 Å². The van der Waals surface area contributed by atoms with Crippen LogP contribution in [0.1, 0.15) is 16.8 Å². The molecule has 6 heteroatoms. The maximum Gasteiger partial charge on any atom is 0.306 e. The predicted octanol–water partition coefficient (Wildman–Crippen LogP) is 1.02. The average molecular weight is 254 g/mol. The highest BCUT2D eigenvalue weighted by atomic mass is 32.2. The Morgan fingerprint density at radius 1 is 1.41 bits per heavy atom. The lowest BCUT2D eigenvalue weighted by molar-refractivity contribution is -0.140. The molecular weight excluding hydrogens is 240 g/mol. The molecule has 17 heavy (non-hydrogen) atoms. The van der Waals surface area contributed by atoms with Gasteiger partial charge in [-0.25, -0.2) is 0 Å². The number of esters is 1. The van der Waals surface area contributed by atoms with Crippen molar-refractivity contribution in [2.75, 3.05) is 18.6 Å². The van der Waals surface area contributed by atoms with Gasteiger partial charge in [0.05, 0.1) is 13.5 Å². The van der Waals surface area contributed by atoms with Gasteiger partial charge < -0.3 is 16.2 Å². The van der Waals surface area contributed by atoms with Crippen LogP contribution in [-0.2, 0) is 9.53 Å². The van der Waals surface area contributed by atoms with E-state index in [-0.39, 0.29) is 5.97 Å². The van der Waals surface area contributed by atoms with Gasteiger partial charge in [-0.2, -0.15) is 0 Å². The lowest BCUT2D eigenvalue weighted by Crippen LogP contribution is -2.11. The Morgan fingerprint density at radius 3 is 2.65 bits per heavy atom. The maximum absolute atomic E-state index is 10.9. The fourth-order valence-corrected chi connectivity index (χ4v) is 2.06. The standard InChI is InChI=1S/C11H14N2O3S/c1-16-10(14)4-5-17-9-3-2-7(11(13)15)6-8(9)12/h2-3,6H,4-5,12H2,1H3,(H2,13,15). The molecule has 0 fully saturated rings. The first-order valence-corrected chi connectivity index (χ1v) is 5.92. The number of nitrogen functional groups attached to an aromatic ring is 1. The monoisotopic (exact) mass is 254 g/mol. The highest BCUT2D eigenvalue weighted by Crippen LogP contribution is 2.26. The number of rotatable bonds is 5. The van der Waals surface area contributed by atoms with Crippen molar-refractivity contribution in [3.8, 4) is 0 Å². The molecule has 0 aliphatic heterocycles. The first kappa shape index (κ1) is 13.4. The second-order valence-corrected chi connectivity index (χ2v) is 4.43. The van der Waals surface area contributed by atoms with E-state index in [0.717, 1.165) is 4.90 Å². The number of anilines is 1. The number of amides is 1. The molecule has 0 atom stereocenters. The van der Waals surface area contributed by atoms with E-state index in [4.69, 9.17) is 11.5 Å². The van der Waals surface area contributed by atoms with Gasteiger partial charge in [0.1, 0.15) is 0 Å². The molecule has 4 N–H and O–H groups in total. The number of primary amides is 1. The van der Waals surface area contributed by atoms with Crippen LogP contribution < -0.4 is 11.5 Å². The number of benzene rings is 1. The molecule has 0 spiro atoms. The Bertz CT molecular complexity index is 435. The summed E-state index contributed by atoms with van der Waals surface area (Å²) in [5, 5.41) is 0. The molecule has 5 nitrogen and oxygen atoms in total. The third-order valence-corrected chi connectivity index (χ3v) is 3.18. The summed E-state index contributed by atoms with van der Waals surface area (Å²) in [6.45, 7) is 0. The van der Waals surface area contributed by atoms with Gasteiger partial charge in [0, 0.05) is 21.9 Å². The van der Waals surface area contributed by atoms with Crippen molar-refractivity contribution in [2.24, 2.45) is 5.73 Å². The zero-order valence-electron chi connectivity index (χ0n) is 9.43. The zero-order chi connectivity index (χ0) is 12.8. The molecule has 0 saturated heterocycles. The molecule has 0 heterocycles. The van der Waals surface area contributed by atoms with Crippen molar-refractivity contribution in [1.29, 1.82) is 0 Å². The maximum atomic E-state index is 10.9. The molecule has 1 aromatic carbocycles. The molecule has 0 bridgehead atoms. The van der Waals surface area contributed by atoms with E-state index in [1.165, 1.54) is 24.9 Å². The van der Waals surface area contributed by atoms with Crippen molar-refractivity contribution < 1.29 is 14.3 Å². The number of ether oxygens (including phenoxy) is 1. The largest absolute Gasteiger partial charge is 0.469 e.